The first-order valence-electron chi connectivity index (χ1n) is 4.11. The predicted octanol–water partition coefficient (Wildman–Crippen LogP) is 1.99. The van der Waals surface area contributed by atoms with E-state index in [0.717, 1.165) is 11.8 Å². The van der Waals surface area contributed by atoms with Gasteiger partial charge in [0.25, 0.3) is 0 Å². The van der Waals surface area contributed by atoms with Gasteiger partial charge in [0.2, 0.25) is 0 Å². The fourth-order valence-corrected chi connectivity index (χ4v) is 1.99. The van der Waals surface area contributed by atoms with Crippen LogP contribution in [0.2, 0.25) is 0 Å². The zero-order valence-corrected chi connectivity index (χ0v) is 6.58. The van der Waals surface area contributed by atoms with Gasteiger partial charge < -0.3 is 4.74 Å². The molecule has 0 saturated carbocycles. The van der Waals surface area contributed by atoms with Gasteiger partial charge in [-0.15, -0.1) is 0 Å². The lowest BCUT2D eigenvalue weighted by Crippen LogP contribution is -2.32. The maximum absolute atomic E-state index is 5.71. The Morgan fingerprint density at radius 3 is 2.10 bits per heavy atom. The zero-order valence-electron chi connectivity index (χ0n) is 6.58. The third-order valence-electron chi connectivity index (χ3n) is 2.67. The molecule has 1 fully saturated rings. The van der Waals surface area contributed by atoms with Crippen LogP contribution in [-0.4, -0.2) is 12.2 Å². The second-order valence-electron chi connectivity index (χ2n) is 3.64. The molecule has 2 bridgehead atoms. The molecule has 0 aliphatic carbocycles. The smallest absolute Gasteiger partial charge is 0.0790 e. The van der Waals surface area contributed by atoms with E-state index in [-0.39, 0.29) is 0 Å². The second kappa shape index (κ2) is 2.09. The van der Waals surface area contributed by atoms with Gasteiger partial charge in [0, 0.05) is 0 Å². The SMILES string of the molecule is C[C@@H]1C[C@H](C)[C@@H]2C=C[C@H]1O2. The minimum Gasteiger partial charge on any atom is -0.366 e. The predicted molar refractivity (Wildman–Crippen MR) is 40.7 cm³/mol. The van der Waals surface area contributed by atoms with Crippen molar-refractivity contribution in [2.45, 2.75) is 32.5 Å². The van der Waals surface area contributed by atoms with Gasteiger partial charge >= 0.3 is 0 Å². The summed E-state index contributed by atoms with van der Waals surface area (Å²) in [6.45, 7) is 4.54. The quantitative estimate of drug-likeness (QED) is 0.465. The number of fused-ring (bicyclic) bond motifs is 2. The second-order valence-corrected chi connectivity index (χ2v) is 3.64. The molecule has 0 spiro atoms. The maximum atomic E-state index is 5.71. The Morgan fingerprint density at radius 1 is 1.10 bits per heavy atom. The van der Waals surface area contributed by atoms with Crippen molar-refractivity contribution in [1.82, 2.24) is 0 Å². The highest BCUT2D eigenvalue weighted by Gasteiger charge is 2.34. The van der Waals surface area contributed by atoms with Crippen LogP contribution < -0.4 is 0 Å². The molecule has 2 aliphatic heterocycles. The van der Waals surface area contributed by atoms with Gasteiger partial charge in [-0.25, -0.2) is 0 Å². The van der Waals surface area contributed by atoms with Gasteiger partial charge in [-0.2, -0.15) is 0 Å². The van der Waals surface area contributed by atoms with Crippen LogP contribution in [0, 0.1) is 11.8 Å². The van der Waals surface area contributed by atoms with Gasteiger partial charge in [0.05, 0.1) is 12.2 Å². The van der Waals surface area contributed by atoms with Crippen LogP contribution in [0.1, 0.15) is 20.3 Å². The molecule has 4 atom stereocenters. The molecule has 0 unspecified atom stereocenters. The standard InChI is InChI=1S/C9H14O/c1-6-5-7(2)9-4-3-8(6)10-9/h3-4,6-9H,5H2,1-2H3/t6-,7+,8-,9+. The fourth-order valence-electron chi connectivity index (χ4n) is 1.99. The van der Waals surface area contributed by atoms with E-state index in [2.05, 4.69) is 26.0 Å². The molecule has 0 aromatic heterocycles. The van der Waals surface area contributed by atoms with E-state index < -0.39 is 0 Å². The Labute approximate surface area is 62.1 Å². The number of ether oxygens (including phenoxy) is 1. The minimum atomic E-state index is 0.432. The first-order valence-corrected chi connectivity index (χ1v) is 4.11. The van der Waals surface area contributed by atoms with Crippen LogP contribution in [0.4, 0.5) is 0 Å². The average molecular weight is 138 g/mol. The molecule has 10 heavy (non-hydrogen) atoms. The Bertz CT molecular complexity index is 146. The molecular weight excluding hydrogens is 124 g/mol. The summed E-state index contributed by atoms with van der Waals surface area (Å²) in [6.07, 6.45) is 6.63. The van der Waals surface area contributed by atoms with Crippen molar-refractivity contribution in [3.63, 3.8) is 0 Å². The van der Waals surface area contributed by atoms with Crippen molar-refractivity contribution in [3.8, 4) is 0 Å². The van der Waals surface area contributed by atoms with Crippen molar-refractivity contribution < 1.29 is 4.74 Å². The Balaban J connectivity index is 2.17. The van der Waals surface area contributed by atoms with Crippen LogP contribution >= 0.6 is 0 Å². The van der Waals surface area contributed by atoms with Crippen LogP contribution in [0.5, 0.6) is 0 Å². The molecule has 1 nitrogen and oxygen atoms in total. The monoisotopic (exact) mass is 138 g/mol. The van der Waals surface area contributed by atoms with Crippen LogP contribution in [0.3, 0.4) is 0 Å². The van der Waals surface area contributed by atoms with E-state index in [1.807, 2.05) is 0 Å². The van der Waals surface area contributed by atoms with E-state index in [1.54, 1.807) is 0 Å². The summed E-state index contributed by atoms with van der Waals surface area (Å²) in [5.74, 6) is 1.45. The van der Waals surface area contributed by atoms with Crippen molar-refractivity contribution in [2.75, 3.05) is 0 Å². The first kappa shape index (κ1) is 6.41. The van der Waals surface area contributed by atoms with E-state index in [9.17, 15) is 0 Å². The lowest BCUT2D eigenvalue weighted by Gasteiger charge is -2.31. The molecule has 2 heterocycles. The number of hydrogen-bond acceptors (Lipinski definition) is 1. The molecule has 2 rings (SSSR count). The molecule has 0 radical (unpaired) electrons. The number of rotatable bonds is 0. The van der Waals surface area contributed by atoms with Gasteiger partial charge in [0.1, 0.15) is 0 Å². The van der Waals surface area contributed by atoms with Crippen molar-refractivity contribution in [1.29, 1.82) is 0 Å². The van der Waals surface area contributed by atoms with Crippen LogP contribution in [-0.2, 0) is 4.74 Å². The number of hydrogen-bond donors (Lipinski definition) is 0. The summed E-state index contributed by atoms with van der Waals surface area (Å²) in [6, 6.07) is 0. The minimum absolute atomic E-state index is 0.432. The third-order valence-corrected chi connectivity index (χ3v) is 2.67. The van der Waals surface area contributed by atoms with Crippen molar-refractivity contribution in [3.05, 3.63) is 12.2 Å². The molecule has 2 aliphatic rings. The lowest BCUT2D eigenvalue weighted by atomic mass is 9.90. The molecule has 0 aromatic rings. The van der Waals surface area contributed by atoms with E-state index in [4.69, 9.17) is 4.74 Å². The van der Waals surface area contributed by atoms with Gasteiger partial charge in [-0.1, -0.05) is 26.0 Å². The lowest BCUT2D eigenvalue weighted by molar-refractivity contribution is -0.0432. The summed E-state index contributed by atoms with van der Waals surface area (Å²) < 4.78 is 5.71. The fraction of sp³-hybridized carbons (Fsp3) is 0.778. The normalized spacial score (nSPS) is 51.8. The highest BCUT2D eigenvalue weighted by molar-refractivity contribution is 5.08. The van der Waals surface area contributed by atoms with E-state index in [1.165, 1.54) is 6.42 Å². The van der Waals surface area contributed by atoms with Gasteiger partial charge in [-0.3, -0.25) is 0 Å². The molecule has 56 valence electrons. The largest absolute Gasteiger partial charge is 0.366 e. The Hall–Kier alpha value is -0.300. The maximum Gasteiger partial charge on any atom is 0.0790 e. The van der Waals surface area contributed by atoms with Crippen molar-refractivity contribution in [2.24, 2.45) is 11.8 Å². The molecule has 1 heteroatoms. The first-order chi connectivity index (χ1) is 4.77. The highest BCUT2D eigenvalue weighted by Crippen LogP contribution is 2.34. The van der Waals surface area contributed by atoms with Gasteiger partial charge in [-0.05, 0) is 18.3 Å². The highest BCUT2D eigenvalue weighted by atomic mass is 16.5. The Morgan fingerprint density at radius 2 is 1.60 bits per heavy atom. The van der Waals surface area contributed by atoms with Gasteiger partial charge in [0.15, 0.2) is 0 Å². The van der Waals surface area contributed by atoms with Crippen LogP contribution in [0.25, 0.3) is 0 Å². The van der Waals surface area contributed by atoms with Crippen LogP contribution in [0.15, 0.2) is 12.2 Å². The Kier molecular flexibility index (Phi) is 1.34. The third kappa shape index (κ3) is 0.807. The molecule has 0 aromatic carbocycles. The van der Waals surface area contributed by atoms with Crippen molar-refractivity contribution >= 4 is 0 Å². The summed E-state index contributed by atoms with van der Waals surface area (Å²) in [4.78, 5) is 0. The summed E-state index contributed by atoms with van der Waals surface area (Å²) in [5.41, 5.74) is 0. The topological polar surface area (TPSA) is 9.23 Å². The molecule has 0 N–H and O–H groups in total. The zero-order chi connectivity index (χ0) is 7.14. The average Bonchev–Trinajstić information content (AvgIpc) is 2.28. The van der Waals surface area contributed by atoms with E-state index >= 15 is 0 Å². The molecule has 0 amide bonds. The summed E-state index contributed by atoms with van der Waals surface area (Å²) >= 11 is 0. The summed E-state index contributed by atoms with van der Waals surface area (Å²) in [7, 11) is 0. The molecular formula is C9H14O. The van der Waals surface area contributed by atoms with E-state index in [0.29, 0.717) is 12.2 Å². The molecule has 1 saturated heterocycles. The summed E-state index contributed by atoms with van der Waals surface area (Å²) in [5, 5.41) is 0.